The second-order valence-corrected chi connectivity index (χ2v) is 9.90. The van der Waals surface area contributed by atoms with E-state index in [1.807, 2.05) is 48.5 Å². The fourth-order valence-corrected chi connectivity index (χ4v) is 4.24. The highest BCUT2D eigenvalue weighted by Crippen LogP contribution is 2.26. The number of hydrogen-bond acceptors (Lipinski definition) is 8. The fraction of sp³-hybridized carbons (Fsp3) is 0.200. The van der Waals surface area contributed by atoms with Crippen LogP contribution in [0.4, 0.5) is 5.69 Å². The summed E-state index contributed by atoms with van der Waals surface area (Å²) in [5.41, 5.74) is 3.14. The molecule has 0 atom stereocenters. The average molecular weight is 596 g/mol. The van der Waals surface area contributed by atoms with Gasteiger partial charge in [0.2, 0.25) is 0 Å². The van der Waals surface area contributed by atoms with E-state index in [2.05, 4.69) is 6.58 Å². The number of imide groups is 1. The summed E-state index contributed by atoms with van der Waals surface area (Å²) >= 11 is 0. The van der Waals surface area contributed by atoms with E-state index in [0.29, 0.717) is 24.7 Å². The number of unbranched alkanes of at least 4 members (excludes halogenated alkanes) is 3. The summed E-state index contributed by atoms with van der Waals surface area (Å²) in [6.45, 7) is 3.89. The Morgan fingerprint density at radius 1 is 0.750 bits per heavy atom. The summed E-state index contributed by atoms with van der Waals surface area (Å²) in [6.07, 6.45) is 8.93. The molecule has 9 nitrogen and oxygen atoms in total. The van der Waals surface area contributed by atoms with Gasteiger partial charge in [-0.1, -0.05) is 43.0 Å². The van der Waals surface area contributed by atoms with Crippen LogP contribution in [0.15, 0.2) is 103 Å². The molecule has 1 heterocycles. The number of anilines is 1. The highest BCUT2D eigenvalue weighted by Gasteiger charge is 2.24. The molecule has 4 rings (SSSR count). The summed E-state index contributed by atoms with van der Waals surface area (Å²) in [6, 6.07) is 21.5. The zero-order chi connectivity index (χ0) is 31.3. The Balaban J connectivity index is 1.15. The number of rotatable bonds is 15. The molecule has 0 fully saturated rings. The molecular weight excluding hydrogens is 562 g/mol. The first-order chi connectivity index (χ1) is 21.3. The van der Waals surface area contributed by atoms with Gasteiger partial charge in [-0.3, -0.25) is 9.59 Å². The second-order valence-electron chi connectivity index (χ2n) is 9.90. The minimum atomic E-state index is -0.561. The number of esters is 2. The SMILES string of the molecule is C=C(CO)C(=O)OCCCCCCOc1ccc(/C=C/C(=O)Oc2ccc(-c3ccc(N4C(=O)C=CC4=O)cc3)cc2)cc1. The molecule has 44 heavy (non-hydrogen) atoms. The lowest BCUT2D eigenvalue weighted by atomic mass is 10.1. The summed E-state index contributed by atoms with van der Waals surface area (Å²) in [4.78, 5) is 48.6. The maximum atomic E-state index is 12.3. The number of aliphatic hydroxyl groups is 1. The third-order valence-electron chi connectivity index (χ3n) is 6.65. The lowest BCUT2D eigenvalue weighted by Crippen LogP contribution is -2.29. The second kappa shape index (κ2) is 15.8. The van der Waals surface area contributed by atoms with Crippen molar-refractivity contribution in [2.45, 2.75) is 25.7 Å². The zero-order valence-corrected chi connectivity index (χ0v) is 24.1. The van der Waals surface area contributed by atoms with E-state index in [1.165, 1.54) is 18.2 Å². The molecule has 0 radical (unpaired) electrons. The van der Waals surface area contributed by atoms with Gasteiger partial charge < -0.3 is 19.3 Å². The van der Waals surface area contributed by atoms with Gasteiger partial charge in [-0.15, -0.1) is 0 Å². The molecule has 0 spiro atoms. The fourth-order valence-electron chi connectivity index (χ4n) is 4.24. The molecule has 1 N–H and O–H groups in total. The Labute approximate surface area is 255 Å². The van der Waals surface area contributed by atoms with Crippen LogP contribution in [0.25, 0.3) is 17.2 Å². The van der Waals surface area contributed by atoms with Gasteiger partial charge in [0.05, 0.1) is 31.1 Å². The number of benzene rings is 3. The standard InChI is InChI=1S/C35H33NO8/c1-25(24-37)35(41)43-23-5-3-2-4-22-42-30-15-6-26(7-16-30)8-21-34(40)44-31-17-11-28(12-18-31)27-9-13-29(14-10-27)36-32(38)19-20-33(36)39/h6-21,37H,1-5,22-24H2/b21-8+. The molecule has 0 saturated heterocycles. The predicted molar refractivity (Wildman–Crippen MR) is 166 cm³/mol. The largest absolute Gasteiger partial charge is 0.494 e. The lowest BCUT2D eigenvalue weighted by molar-refractivity contribution is -0.139. The van der Waals surface area contributed by atoms with Crippen molar-refractivity contribution < 1.29 is 38.5 Å². The number of amides is 2. The molecule has 1 aliphatic heterocycles. The molecule has 2 amide bonds. The first-order valence-electron chi connectivity index (χ1n) is 14.2. The summed E-state index contributed by atoms with van der Waals surface area (Å²) in [5.74, 6) is -0.673. The zero-order valence-electron chi connectivity index (χ0n) is 24.1. The van der Waals surface area contributed by atoms with Crippen LogP contribution in [0.3, 0.4) is 0 Å². The van der Waals surface area contributed by atoms with Crippen molar-refractivity contribution in [3.05, 3.63) is 109 Å². The van der Waals surface area contributed by atoms with Crippen molar-refractivity contribution in [2.24, 2.45) is 0 Å². The molecular formula is C35H33NO8. The first-order valence-corrected chi connectivity index (χ1v) is 14.2. The number of nitrogens with zero attached hydrogens (tertiary/aromatic N) is 1. The van der Waals surface area contributed by atoms with Gasteiger partial charge in [0.15, 0.2) is 0 Å². The molecule has 0 aliphatic carbocycles. The molecule has 0 bridgehead atoms. The van der Waals surface area contributed by atoms with E-state index in [1.54, 1.807) is 30.3 Å². The van der Waals surface area contributed by atoms with Gasteiger partial charge >= 0.3 is 11.9 Å². The maximum Gasteiger partial charge on any atom is 0.336 e. The van der Waals surface area contributed by atoms with Gasteiger partial charge in [0, 0.05) is 18.2 Å². The highest BCUT2D eigenvalue weighted by atomic mass is 16.5. The van der Waals surface area contributed by atoms with Crippen LogP contribution in [-0.2, 0) is 23.9 Å². The Morgan fingerprint density at radius 3 is 1.93 bits per heavy atom. The topological polar surface area (TPSA) is 119 Å². The number of carbonyl (C=O) groups excluding carboxylic acids is 4. The van der Waals surface area contributed by atoms with Gasteiger partial charge in [-0.25, -0.2) is 14.5 Å². The third-order valence-corrected chi connectivity index (χ3v) is 6.65. The molecule has 3 aromatic carbocycles. The minimum absolute atomic E-state index is 0.0559. The monoisotopic (exact) mass is 595 g/mol. The van der Waals surface area contributed by atoms with Crippen molar-refractivity contribution in [1.29, 1.82) is 0 Å². The minimum Gasteiger partial charge on any atom is -0.494 e. The van der Waals surface area contributed by atoms with Crippen LogP contribution in [0, 0.1) is 0 Å². The highest BCUT2D eigenvalue weighted by molar-refractivity contribution is 6.28. The first kappa shape index (κ1) is 31.7. The van der Waals surface area contributed by atoms with Crippen LogP contribution in [0.2, 0.25) is 0 Å². The molecule has 1 aliphatic rings. The lowest BCUT2D eigenvalue weighted by Gasteiger charge is -2.14. The van der Waals surface area contributed by atoms with Crippen LogP contribution in [0.1, 0.15) is 31.2 Å². The number of aliphatic hydroxyl groups excluding tert-OH is 1. The number of hydrogen-bond donors (Lipinski definition) is 1. The van der Waals surface area contributed by atoms with Crippen molar-refractivity contribution >= 4 is 35.5 Å². The molecule has 0 aromatic heterocycles. The van der Waals surface area contributed by atoms with E-state index in [-0.39, 0.29) is 17.4 Å². The van der Waals surface area contributed by atoms with Gasteiger partial charge in [-0.05, 0) is 84.8 Å². The van der Waals surface area contributed by atoms with E-state index in [4.69, 9.17) is 19.3 Å². The van der Waals surface area contributed by atoms with Crippen LogP contribution in [-0.4, -0.2) is 48.7 Å². The Hall–Kier alpha value is -5.28. The number of ether oxygens (including phenoxy) is 3. The van der Waals surface area contributed by atoms with E-state index in [0.717, 1.165) is 53.0 Å². The average Bonchev–Trinajstić information content (AvgIpc) is 3.38. The van der Waals surface area contributed by atoms with Gasteiger partial charge in [0.1, 0.15) is 11.5 Å². The van der Waals surface area contributed by atoms with Crippen LogP contribution >= 0.6 is 0 Å². The van der Waals surface area contributed by atoms with E-state index in [9.17, 15) is 19.2 Å². The molecule has 226 valence electrons. The molecule has 0 unspecified atom stereocenters. The normalized spacial score (nSPS) is 12.5. The summed E-state index contributed by atoms with van der Waals surface area (Å²) in [7, 11) is 0. The van der Waals surface area contributed by atoms with Gasteiger partial charge in [-0.2, -0.15) is 0 Å². The van der Waals surface area contributed by atoms with Crippen LogP contribution in [0.5, 0.6) is 11.5 Å². The smallest absolute Gasteiger partial charge is 0.336 e. The van der Waals surface area contributed by atoms with Crippen molar-refractivity contribution in [3.8, 4) is 22.6 Å². The Morgan fingerprint density at radius 2 is 1.32 bits per heavy atom. The Bertz CT molecular complexity index is 1520. The van der Waals surface area contributed by atoms with Crippen LogP contribution < -0.4 is 14.4 Å². The quantitative estimate of drug-likeness (QED) is 0.0812. The van der Waals surface area contributed by atoms with Gasteiger partial charge in [0.25, 0.3) is 11.8 Å². The summed E-state index contributed by atoms with van der Waals surface area (Å²) in [5, 5.41) is 8.83. The van der Waals surface area contributed by atoms with Crippen molar-refractivity contribution in [2.75, 3.05) is 24.7 Å². The Kier molecular flexibility index (Phi) is 11.4. The number of carbonyl (C=O) groups is 4. The van der Waals surface area contributed by atoms with E-state index >= 15 is 0 Å². The third kappa shape index (κ3) is 9.11. The van der Waals surface area contributed by atoms with Crippen molar-refractivity contribution in [1.82, 2.24) is 0 Å². The van der Waals surface area contributed by atoms with Crippen molar-refractivity contribution in [3.63, 3.8) is 0 Å². The maximum absolute atomic E-state index is 12.3. The summed E-state index contributed by atoms with van der Waals surface area (Å²) < 4.78 is 16.2. The van der Waals surface area contributed by atoms with E-state index < -0.39 is 18.5 Å². The molecule has 3 aromatic rings. The predicted octanol–water partition coefficient (Wildman–Crippen LogP) is 5.43. The molecule has 0 saturated carbocycles. The molecule has 9 heteroatoms.